The molecule has 0 saturated carbocycles. The van der Waals surface area contributed by atoms with Crippen LogP contribution in [0.1, 0.15) is 47.3 Å². The van der Waals surface area contributed by atoms with E-state index in [0.717, 1.165) is 26.3 Å². The maximum absolute atomic E-state index is 12.6. The summed E-state index contributed by atoms with van der Waals surface area (Å²) in [4.78, 5) is 15.0. The summed E-state index contributed by atoms with van der Waals surface area (Å²) >= 11 is 0. The standard InChI is InChI=1S/C22H28N2O2/c1-17(2)18-8-10-20(11-9-18)22(25)23-16-21(19-6-4-3-5-7-19)24-12-14-26-15-13-24/h3-11,17,21H,12-16H2,1-2H3,(H,23,25). The lowest BCUT2D eigenvalue weighted by molar-refractivity contribution is 0.0162. The molecule has 1 aliphatic rings. The molecule has 1 N–H and O–H groups in total. The van der Waals surface area contributed by atoms with Gasteiger partial charge in [0.05, 0.1) is 19.3 Å². The van der Waals surface area contributed by atoms with E-state index in [-0.39, 0.29) is 11.9 Å². The predicted molar refractivity (Wildman–Crippen MR) is 104 cm³/mol. The fourth-order valence-corrected chi connectivity index (χ4v) is 3.33. The first-order valence-corrected chi connectivity index (χ1v) is 9.40. The zero-order valence-corrected chi connectivity index (χ0v) is 15.7. The summed E-state index contributed by atoms with van der Waals surface area (Å²) in [6.45, 7) is 8.16. The minimum Gasteiger partial charge on any atom is -0.379 e. The molecule has 4 heteroatoms. The number of nitrogens with one attached hydrogen (secondary N) is 1. The third-order valence-corrected chi connectivity index (χ3v) is 4.97. The van der Waals surface area contributed by atoms with Gasteiger partial charge >= 0.3 is 0 Å². The number of amides is 1. The van der Waals surface area contributed by atoms with E-state index in [1.165, 1.54) is 11.1 Å². The molecule has 1 saturated heterocycles. The van der Waals surface area contributed by atoms with Crippen LogP contribution < -0.4 is 5.32 Å². The van der Waals surface area contributed by atoms with Crippen LogP contribution in [0.15, 0.2) is 54.6 Å². The highest BCUT2D eigenvalue weighted by atomic mass is 16.5. The van der Waals surface area contributed by atoms with Gasteiger partial charge in [0.25, 0.3) is 5.91 Å². The van der Waals surface area contributed by atoms with E-state index in [2.05, 4.69) is 48.3 Å². The molecule has 1 unspecified atom stereocenters. The Morgan fingerprint density at radius 1 is 1.00 bits per heavy atom. The van der Waals surface area contributed by atoms with Crippen molar-refractivity contribution in [2.75, 3.05) is 32.8 Å². The lowest BCUT2D eigenvalue weighted by Crippen LogP contribution is -2.43. The van der Waals surface area contributed by atoms with Crippen LogP contribution in [-0.2, 0) is 4.74 Å². The van der Waals surface area contributed by atoms with E-state index in [1.54, 1.807) is 0 Å². The molecule has 1 atom stereocenters. The Morgan fingerprint density at radius 3 is 2.27 bits per heavy atom. The van der Waals surface area contributed by atoms with Crippen molar-refractivity contribution in [2.24, 2.45) is 0 Å². The van der Waals surface area contributed by atoms with Crippen LogP contribution in [0.25, 0.3) is 0 Å². The van der Waals surface area contributed by atoms with E-state index < -0.39 is 0 Å². The molecule has 3 rings (SSSR count). The lowest BCUT2D eigenvalue weighted by atomic mass is 10.0. The van der Waals surface area contributed by atoms with Crippen LogP contribution in [0.2, 0.25) is 0 Å². The quantitative estimate of drug-likeness (QED) is 0.863. The van der Waals surface area contributed by atoms with E-state index in [1.807, 2.05) is 30.3 Å². The molecule has 1 fully saturated rings. The minimum absolute atomic E-state index is 0.0190. The van der Waals surface area contributed by atoms with Crippen LogP contribution in [0.4, 0.5) is 0 Å². The van der Waals surface area contributed by atoms with Gasteiger partial charge in [-0.2, -0.15) is 0 Å². The molecule has 0 spiro atoms. The predicted octanol–water partition coefficient (Wildman–Crippen LogP) is 3.61. The maximum atomic E-state index is 12.6. The summed E-state index contributed by atoms with van der Waals surface area (Å²) < 4.78 is 5.48. The van der Waals surface area contributed by atoms with Crippen molar-refractivity contribution in [1.82, 2.24) is 10.2 Å². The highest BCUT2D eigenvalue weighted by Crippen LogP contribution is 2.21. The van der Waals surface area contributed by atoms with Crippen molar-refractivity contribution in [3.8, 4) is 0 Å². The van der Waals surface area contributed by atoms with Crippen molar-refractivity contribution >= 4 is 5.91 Å². The SMILES string of the molecule is CC(C)c1ccc(C(=O)NCC(c2ccccc2)N2CCOCC2)cc1. The summed E-state index contributed by atoms with van der Waals surface area (Å²) in [5, 5.41) is 3.12. The monoisotopic (exact) mass is 352 g/mol. The molecule has 0 radical (unpaired) electrons. The van der Waals surface area contributed by atoms with Gasteiger partial charge in [-0.3, -0.25) is 9.69 Å². The van der Waals surface area contributed by atoms with Crippen LogP contribution in [-0.4, -0.2) is 43.7 Å². The first-order valence-electron chi connectivity index (χ1n) is 9.40. The second kappa shape index (κ2) is 8.97. The number of carbonyl (C=O) groups excluding carboxylic acids is 1. The second-order valence-electron chi connectivity index (χ2n) is 7.06. The second-order valence-corrected chi connectivity index (χ2v) is 7.06. The largest absolute Gasteiger partial charge is 0.379 e. The Bertz CT molecular complexity index is 692. The summed E-state index contributed by atoms with van der Waals surface area (Å²) in [5.41, 5.74) is 3.19. The highest BCUT2D eigenvalue weighted by Gasteiger charge is 2.23. The first-order chi connectivity index (χ1) is 12.6. The van der Waals surface area contributed by atoms with Gasteiger partial charge in [-0.25, -0.2) is 0 Å². The van der Waals surface area contributed by atoms with E-state index in [9.17, 15) is 4.79 Å². The number of morpholine rings is 1. The number of nitrogens with zero attached hydrogens (tertiary/aromatic N) is 1. The average Bonchev–Trinajstić information content (AvgIpc) is 2.69. The van der Waals surface area contributed by atoms with Crippen molar-refractivity contribution in [2.45, 2.75) is 25.8 Å². The molecule has 1 heterocycles. The molecule has 2 aromatic carbocycles. The Labute approximate surface area is 156 Å². The fraction of sp³-hybridized carbons (Fsp3) is 0.409. The molecule has 2 aromatic rings. The Morgan fingerprint density at radius 2 is 1.65 bits per heavy atom. The zero-order valence-electron chi connectivity index (χ0n) is 15.7. The molecule has 4 nitrogen and oxygen atoms in total. The molecular weight excluding hydrogens is 324 g/mol. The molecule has 0 aliphatic carbocycles. The highest BCUT2D eigenvalue weighted by molar-refractivity contribution is 5.94. The molecule has 0 bridgehead atoms. The Kier molecular flexibility index (Phi) is 6.42. The maximum Gasteiger partial charge on any atom is 0.251 e. The molecule has 1 aliphatic heterocycles. The summed E-state index contributed by atoms with van der Waals surface area (Å²) in [6, 6.07) is 18.5. The molecule has 0 aromatic heterocycles. The van der Waals surface area contributed by atoms with Gasteiger partial charge in [0.1, 0.15) is 0 Å². The van der Waals surface area contributed by atoms with E-state index in [4.69, 9.17) is 4.74 Å². The first kappa shape index (κ1) is 18.6. The van der Waals surface area contributed by atoms with Crippen LogP contribution in [0.3, 0.4) is 0 Å². The fourth-order valence-electron chi connectivity index (χ4n) is 3.33. The number of ether oxygens (including phenoxy) is 1. The Hall–Kier alpha value is -2.17. The average molecular weight is 352 g/mol. The summed E-state index contributed by atoms with van der Waals surface area (Å²) in [5.74, 6) is 0.449. The minimum atomic E-state index is -0.0190. The third kappa shape index (κ3) is 4.71. The van der Waals surface area contributed by atoms with Gasteiger partial charge in [0.15, 0.2) is 0 Å². The van der Waals surface area contributed by atoms with Gasteiger partial charge in [-0.05, 0) is 29.2 Å². The number of hydrogen-bond donors (Lipinski definition) is 1. The number of hydrogen-bond acceptors (Lipinski definition) is 3. The van der Waals surface area contributed by atoms with E-state index in [0.29, 0.717) is 18.0 Å². The Balaban J connectivity index is 1.67. The smallest absolute Gasteiger partial charge is 0.251 e. The van der Waals surface area contributed by atoms with Gasteiger partial charge in [0, 0.05) is 25.2 Å². The van der Waals surface area contributed by atoms with Crippen LogP contribution >= 0.6 is 0 Å². The van der Waals surface area contributed by atoms with Crippen molar-refractivity contribution in [1.29, 1.82) is 0 Å². The number of carbonyl (C=O) groups is 1. The van der Waals surface area contributed by atoms with Crippen molar-refractivity contribution < 1.29 is 9.53 Å². The topological polar surface area (TPSA) is 41.6 Å². The van der Waals surface area contributed by atoms with E-state index >= 15 is 0 Å². The van der Waals surface area contributed by atoms with Gasteiger partial charge in [0.2, 0.25) is 0 Å². The molecule has 138 valence electrons. The van der Waals surface area contributed by atoms with Gasteiger partial charge in [-0.1, -0.05) is 56.3 Å². The molecule has 1 amide bonds. The zero-order chi connectivity index (χ0) is 18.4. The third-order valence-electron chi connectivity index (χ3n) is 4.97. The number of rotatable bonds is 6. The summed E-state index contributed by atoms with van der Waals surface area (Å²) in [6.07, 6.45) is 0. The van der Waals surface area contributed by atoms with Gasteiger partial charge in [-0.15, -0.1) is 0 Å². The lowest BCUT2D eigenvalue weighted by Gasteiger charge is -2.35. The normalized spacial score (nSPS) is 16.4. The van der Waals surface area contributed by atoms with Crippen molar-refractivity contribution in [3.63, 3.8) is 0 Å². The van der Waals surface area contributed by atoms with Crippen LogP contribution in [0.5, 0.6) is 0 Å². The number of benzene rings is 2. The van der Waals surface area contributed by atoms with Gasteiger partial charge < -0.3 is 10.1 Å². The van der Waals surface area contributed by atoms with Crippen molar-refractivity contribution in [3.05, 3.63) is 71.3 Å². The molecule has 26 heavy (non-hydrogen) atoms. The van der Waals surface area contributed by atoms with Crippen LogP contribution in [0, 0.1) is 0 Å². The summed E-state index contributed by atoms with van der Waals surface area (Å²) in [7, 11) is 0. The molecular formula is C22H28N2O2.